The average molecular weight is 351 g/mol. The normalized spacial score (nSPS) is 20.7. The smallest absolute Gasteiger partial charge is 0.281 e. The molecule has 130 valence electrons. The van der Waals surface area contributed by atoms with Gasteiger partial charge in [-0.25, -0.2) is 0 Å². The van der Waals surface area contributed by atoms with E-state index in [1.54, 1.807) is 17.0 Å². The highest BCUT2D eigenvalue weighted by Gasteiger charge is 2.34. The average Bonchev–Trinajstić information content (AvgIpc) is 2.82. The molecule has 0 spiro atoms. The minimum Gasteiger partial charge on any atom is -0.398 e. The van der Waals surface area contributed by atoms with Crippen LogP contribution in [0.5, 0.6) is 0 Å². The van der Waals surface area contributed by atoms with Crippen LogP contribution in [0.1, 0.15) is 12.0 Å². The first-order valence-electron chi connectivity index (χ1n) is 8.24. The molecule has 2 aliphatic heterocycles. The van der Waals surface area contributed by atoms with Gasteiger partial charge >= 0.3 is 0 Å². The quantitative estimate of drug-likeness (QED) is 0.758. The highest BCUT2D eigenvalue weighted by Crippen LogP contribution is 2.32. The Kier molecular flexibility index (Phi) is 5.38. The highest BCUT2D eigenvalue weighted by atomic mass is 35.5. The standard InChI is InChI=1S/C17H23ClN4O2/c1-20-8-10-21(11-9-20)6-3-7-22-15-5-4-13(18)12-14(15)16(17(22)23)19-24-2/h4-5,12H,3,6-11H2,1-2H3. The molecule has 1 aromatic carbocycles. The first-order chi connectivity index (χ1) is 11.6. The highest BCUT2D eigenvalue weighted by molar-refractivity contribution is 6.54. The zero-order valence-electron chi connectivity index (χ0n) is 14.2. The van der Waals surface area contributed by atoms with Gasteiger partial charge in [-0.2, -0.15) is 0 Å². The minimum atomic E-state index is -0.118. The van der Waals surface area contributed by atoms with Crippen LogP contribution < -0.4 is 4.90 Å². The van der Waals surface area contributed by atoms with Crippen molar-refractivity contribution in [3.8, 4) is 0 Å². The van der Waals surface area contributed by atoms with Crippen LogP contribution in [0.4, 0.5) is 5.69 Å². The maximum absolute atomic E-state index is 12.6. The lowest BCUT2D eigenvalue weighted by molar-refractivity contribution is -0.112. The number of fused-ring (bicyclic) bond motifs is 1. The molecule has 0 saturated carbocycles. The van der Waals surface area contributed by atoms with Gasteiger partial charge in [-0.1, -0.05) is 16.8 Å². The van der Waals surface area contributed by atoms with Crippen molar-refractivity contribution in [1.29, 1.82) is 0 Å². The van der Waals surface area contributed by atoms with Crippen molar-refractivity contribution < 1.29 is 9.63 Å². The molecule has 6 nitrogen and oxygen atoms in total. The number of likely N-dealkylation sites (N-methyl/N-ethyl adjacent to an activating group) is 1. The third-order valence-electron chi connectivity index (χ3n) is 4.59. The summed E-state index contributed by atoms with van der Waals surface area (Å²) in [7, 11) is 3.60. The van der Waals surface area contributed by atoms with E-state index >= 15 is 0 Å². The molecule has 3 rings (SSSR count). The number of rotatable bonds is 5. The number of halogens is 1. The molecule has 1 saturated heterocycles. The lowest BCUT2D eigenvalue weighted by Crippen LogP contribution is -2.45. The second-order valence-corrected chi connectivity index (χ2v) is 6.68. The van der Waals surface area contributed by atoms with Gasteiger partial charge in [0.05, 0.1) is 5.69 Å². The van der Waals surface area contributed by atoms with Crippen LogP contribution >= 0.6 is 11.6 Å². The predicted octanol–water partition coefficient (Wildman–Crippen LogP) is 1.67. The fourth-order valence-electron chi connectivity index (χ4n) is 3.21. The Labute approximate surface area is 147 Å². The van der Waals surface area contributed by atoms with E-state index in [-0.39, 0.29) is 5.91 Å². The number of anilines is 1. The Morgan fingerprint density at radius 1 is 1.21 bits per heavy atom. The van der Waals surface area contributed by atoms with Gasteiger partial charge in [0, 0.05) is 43.3 Å². The number of hydrogen-bond donors (Lipinski definition) is 0. The van der Waals surface area contributed by atoms with E-state index in [1.807, 2.05) is 6.07 Å². The number of benzene rings is 1. The van der Waals surface area contributed by atoms with Gasteiger partial charge < -0.3 is 19.5 Å². The van der Waals surface area contributed by atoms with Gasteiger partial charge in [0.2, 0.25) is 0 Å². The number of oxime groups is 1. The summed E-state index contributed by atoms with van der Waals surface area (Å²) in [4.78, 5) is 24.0. The van der Waals surface area contributed by atoms with Crippen LogP contribution in [0.3, 0.4) is 0 Å². The number of hydrogen-bond acceptors (Lipinski definition) is 5. The molecule has 1 amide bonds. The number of nitrogens with zero attached hydrogens (tertiary/aromatic N) is 4. The molecule has 0 radical (unpaired) electrons. The van der Waals surface area contributed by atoms with Crippen molar-refractivity contribution in [1.82, 2.24) is 9.80 Å². The van der Waals surface area contributed by atoms with E-state index in [4.69, 9.17) is 16.4 Å². The third kappa shape index (κ3) is 3.55. The third-order valence-corrected chi connectivity index (χ3v) is 4.82. The van der Waals surface area contributed by atoms with Gasteiger partial charge in [0.25, 0.3) is 5.91 Å². The Bertz CT molecular complexity index is 641. The number of amides is 1. The summed E-state index contributed by atoms with van der Waals surface area (Å²) in [5.41, 5.74) is 1.93. The first-order valence-corrected chi connectivity index (χ1v) is 8.62. The summed E-state index contributed by atoms with van der Waals surface area (Å²) in [6.45, 7) is 6.06. The minimum absolute atomic E-state index is 0.118. The van der Waals surface area contributed by atoms with E-state index in [2.05, 4.69) is 22.0 Å². The molecule has 0 bridgehead atoms. The zero-order valence-corrected chi connectivity index (χ0v) is 14.9. The maximum Gasteiger partial charge on any atom is 0.281 e. The van der Waals surface area contributed by atoms with Crippen LogP contribution in [-0.2, 0) is 9.63 Å². The number of carbonyl (C=O) groups is 1. The molecule has 2 heterocycles. The molecule has 0 aromatic heterocycles. The van der Waals surface area contributed by atoms with Crippen molar-refractivity contribution in [2.45, 2.75) is 6.42 Å². The molecule has 0 unspecified atom stereocenters. The van der Waals surface area contributed by atoms with E-state index in [0.717, 1.165) is 50.4 Å². The fourth-order valence-corrected chi connectivity index (χ4v) is 3.38. The summed E-state index contributed by atoms with van der Waals surface area (Å²) in [6, 6.07) is 5.45. The molecular formula is C17H23ClN4O2. The lowest BCUT2D eigenvalue weighted by Gasteiger charge is -2.32. The van der Waals surface area contributed by atoms with Gasteiger partial charge in [0.15, 0.2) is 5.71 Å². The molecule has 1 fully saturated rings. The Hall–Kier alpha value is -1.63. The monoisotopic (exact) mass is 350 g/mol. The number of piperazine rings is 1. The summed E-state index contributed by atoms with van der Waals surface area (Å²) in [5, 5.41) is 4.48. The van der Waals surface area contributed by atoms with Crippen molar-refractivity contribution in [2.24, 2.45) is 5.16 Å². The predicted molar refractivity (Wildman–Crippen MR) is 95.9 cm³/mol. The molecular weight excluding hydrogens is 328 g/mol. The molecule has 1 aromatic rings. The van der Waals surface area contributed by atoms with Crippen molar-refractivity contribution in [2.75, 3.05) is 58.3 Å². The van der Waals surface area contributed by atoms with Crippen LogP contribution in [-0.4, -0.2) is 74.8 Å². The largest absolute Gasteiger partial charge is 0.398 e. The maximum atomic E-state index is 12.6. The second-order valence-electron chi connectivity index (χ2n) is 6.24. The van der Waals surface area contributed by atoms with Gasteiger partial charge in [0.1, 0.15) is 7.11 Å². The molecule has 0 atom stereocenters. The van der Waals surface area contributed by atoms with E-state index < -0.39 is 0 Å². The molecule has 7 heteroatoms. The number of carbonyl (C=O) groups excluding carboxylic acids is 1. The van der Waals surface area contributed by atoms with Crippen molar-refractivity contribution >= 4 is 28.9 Å². The SMILES string of the molecule is CON=C1C(=O)N(CCCN2CCN(C)CC2)c2ccc(Cl)cc21. The second kappa shape index (κ2) is 7.51. The van der Waals surface area contributed by atoms with E-state index in [1.165, 1.54) is 7.11 Å². The van der Waals surface area contributed by atoms with Crippen molar-refractivity contribution in [3.05, 3.63) is 28.8 Å². The summed E-state index contributed by atoms with van der Waals surface area (Å²) in [5.74, 6) is -0.118. The molecule has 0 aliphatic carbocycles. The van der Waals surface area contributed by atoms with Crippen LogP contribution in [0, 0.1) is 0 Å². The van der Waals surface area contributed by atoms with Gasteiger partial charge in [-0.15, -0.1) is 0 Å². The Morgan fingerprint density at radius 3 is 2.67 bits per heavy atom. The summed E-state index contributed by atoms with van der Waals surface area (Å²) in [6.07, 6.45) is 0.928. The van der Waals surface area contributed by atoms with Crippen molar-refractivity contribution in [3.63, 3.8) is 0 Å². The molecule has 0 N–H and O–H groups in total. The lowest BCUT2D eigenvalue weighted by atomic mass is 10.1. The summed E-state index contributed by atoms with van der Waals surface area (Å²) >= 11 is 6.07. The summed E-state index contributed by atoms with van der Waals surface area (Å²) < 4.78 is 0. The van der Waals surface area contributed by atoms with Crippen LogP contribution in [0.25, 0.3) is 0 Å². The van der Waals surface area contributed by atoms with Crippen LogP contribution in [0.2, 0.25) is 5.02 Å². The fraction of sp³-hybridized carbons (Fsp3) is 0.529. The topological polar surface area (TPSA) is 48.4 Å². The Morgan fingerprint density at radius 2 is 1.96 bits per heavy atom. The molecule has 24 heavy (non-hydrogen) atoms. The van der Waals surface area contributed by atoms with Gasteiger partial charge in [-0.3, -0.25) is 4.79 Å². The zero-order chi connectivity index (χ0) is 17.1. The Balaban J connectivity index is 1.66. The first kappa shape index (κ1) is 17.2. The van der Waals surface area contributed by atoms with Crippen LogP contribution in [0.15, 0.2) is 23.4 Å². The van der Waals surface area contributed by atoms with E-state index in [9.17, 15) is 4.79 Å². The molecule has 2 aliphatic rings. The van der Waals surface area contributed by atoms with Gasteiger partial charge in [-0.05, 0) is 38.2 Å². The van der Waals surface area contributed by atoms with E-state index in [0.29, 0.717) is 17.3 Å².